The maximum absolute atomic E-state index is 13.6. The Balaban J connectivity index is 1.82. The van der Waals surface area contributed by atoms with Gasteiger partial charge in [-0.3, -0.25) is 14.4 Å². The molecule has 0 saturated carbocycles. The van der Waals surface area contributed by atoms with Crippen LogP contribution in [0.1, 0.15) is 42.0 Å². The van der Waals surface area contributed by atoms with Crippen molar-refractivity contribution in [3.63, 3.8) is 0 Å². The molecule has 2 heterocycles. The summed E-state index contributed by atoms with van der Waals surface area (Å²) in [5.74, 6) is -2.44. The fourth-order valence-electron chi connectivity index (χ4n) is 4.23. The summed E-state index contributed by atoms with van der Waals surface area (Å²) in [5, 5.41) is 4.83. The lowest BCUT2D eigenvalue weighted by molar-refractivity contribution is -0.152. The lowest BCUT2D eigenvalue weighted by Crippen LogP contribution is -2.44. The molecule has 4 rings (SSSR count). The topological polar surface area (TPSA) is 72.5 Å². The first-order valence-corrected chi connectivity index (χ1v) is 11.2. The van der Waals surface area contributed by atoms with E-state index in [9.17, 15) is 14.4 Å². The van der Waals surface area contributed by atoms with Gasteiger partial charge in [-0.05, 0) is 42.5 Å². The molecule has 0 spiro atoms. The fourth-order valence-corrected chi connectivity index (χ4v) is 5.51. The monoisotopic (exact) mass is 473 g/mol. The van der Waals surface area contributed by atoms with Crippen LogP contribution in [-0.4, -0.2) is 24.3 Å². The molecule has 1 aromatic carbocycles. The first kappa shape index (κ1) is 20.0. The maximum atomic E-state index is 13.6. The standard InChI is InChI=1S/C22H20BrNO4S/c1-2-28-22(27)20-15(17-7-4-8-29-17)10-16-19(21(20)26)14(11-18(25)24-16)12-5-3-6-13(23)9-12/h3-9,14-15,20H,2,10-11H2,1H3,(H,24,25)/t14-,15+,20+/m0/s1. The molecule has 0 bridgehead atoms. The Bertz CT molecular complexity index is 998. The summed E-state index contributed by atoms with van der Waals surface area (Å²) in [4.78, 5) is 39.8. The van der Waals surface area contributed by atoms with E-state index >= 15 is 0 Å². The fraction of sp³-hybridized carbons (Fsp3) is 0.318. The van der Waals surface area contributed by atoms with Gasteiger partial charge in [0, 0.05) is 38.9 Å². The van der Waals surface area contributed by atoms with Gasteiger partial charge >= 0.3 is 5.97 Å². The van der Waals surface area contributed by atoms with Gasteiger partial charge in [0.1, 0.15) is 5.92 Å². The van der Waals surface area contributed by atoms with Crippen molar-refractivity contribution in [1.82, 2.24) is 5.32 Å². The zero-order chi connectivity index (χ0) is 20.5. The number of esters is 1. The van der Waals surface area contributed by atoms with Crippen molar-refractivity contribution in [2.24, 2.45) is 5.92 Å². The van der Waals surface area contributed by atoms with Gasteiger partial charge in [0.15, 0.2) is 5.78 Å². The van der Waals surface area contributed by atoms with E-state index in [1.54, 1.807) is 6.92 Å². The van der Waals surface area contributed by atoms with Crippen LogP contribution in [-0.2, 0) is 19.1 Å². The number of benzene rings is 1. The first-order valence-electron chi connectivity index (χ1n) is 9.52. The third-order valence-corrected chi connectivity index (χ3v) is 6.93. The Hall–Kier alpha value is -2.25. The number of allylic oxidation sites excluding steroid dienone is 2. The molecule has 1 aliphatic heterocycles. The molecule has 29 heavy (non-hydrogen) atoms. The maximum Gasteiger partial charge on any atom is 0.317 e. The summed E-state index contributed by atoms with van der Waals surface area (Å²) < 4.78 is 6.15. The van der Waals surface area contributed by atoms with E-state index in [-0.39, 0.29) is 36.6 Å². The lowest BCUT2D eigenvalue weighted by Gasteiger charge is -2.37. The van der Waals surface area contributed by atoms with Crippen LogP contribution in [0.15, 0.2) is 57.5 Å². The molecule has 1 aliphatic carbocycles. The number of ketones is 1. The summed E-state index contributed by atoms with van der Waals surface area (Å²) in [6.45, 7) is 1.96. The van der Waals surface area contributed by atoms with Crippen molar-refractivity contribution >= 4 is 44.9 Å². The molecule has 5 nitrogen and oxygen atoms in total. The molecular formula is C22H20BrNO4S. The summed E-state index contributed by atoms with van der Waals surface area (Å²) in [6.07, 6.45) is 0.613. The smallest absolute Gasteiger partial charge is 0.317 e. The van der Waals surface area contributed by atoms with Gasteiger partial charge in [-0.2, -0.15) is 0 Å². The van der Waals surface area contributed by atoms with Crippen LogP contribution >= 0.6 is 27.3 Å². The predicted molar refractivity (Wildman–Crippen MR) is 113 cm³/mol. The molecule has 1 aromatic heterocycles. The second kappa shape index (κ2) is 8.24. The number of ether oxygens (including phenoxy) is 1. The van der Waals surface area contributed by atoms with Crippen molar-refractivity contribution < 1.29 is 19.1 Å². The summed E-state index contributed by atoms with van der Waals surface area (Å²) >= 11 is 4.97. The number of halogens is 1. The lowest BCUT2D eigenvalue weighted by atomic mass is 9.69. The Kier molecular flexibility index (Phi) is 5.69. The molecule has 2 aromatic rings. The molecule has 2 aliphatic rings. The quantitative estimate of drug-likeness (QED) is 0.530. The predicted octanol–water partition coefficient (Wildman–Crippen LogP) is 4.30. The summed E-state index contributed by atoms with van der Waals surface area (Å²) in [7, 11) is 0. The highest BCUT2D eigenvalue weighted by atomic mass is 79.9. The number of nitrogens with one attached hydrogen (secondary N) is 1. The van der Waals surface area contributed by atoms with E-state index in [1.807, 2.05) is 41.8 Å². The third kappa shape index (κ3) is 3.81. The highest BCUT2D eigenvalue weighted by molar-refractivity contribution is 9.10. The van der Waals surface area contributed by atoms with E-state index in [0.29, 0.717) is 17.7 Å². The minimum absolute atomic E-state index is 0.110. The molecule has 0 fully saturated rings. The van der Waals surface area contributed by atoms with Crippen LogP contribution in [0.4, 0.5) is 0 Å². The van der Waals surface area contributed by atoms with Crippen LogP contribution in [0.5, 0.6) is 0 Å². The number of carbonyl (C=O) groups is 3. The molecule has 1 N–H and O–H groups in total. The van der Waals surface area contributed by atoms with Crippen LogP contribution in [0.25, 0.3) is 0 Å². The number of hydrogen-bond acceptors (Lipinski definition) is 5. The van der Waals surface area contributed by atoms with Gasteiger partial charge in [-0.1, -0.05) is 34.1 Å². The van der Waals surface area contributed by atoms with E-state index in [4.69, 9.17) is 4.74 Å². The zero-order valence-corrected chi connectivity index (χ0v) is 18.2. The molecule has 1 amide bonds. The Labute approximate surface area is 181 Å². The second-order valence-corrected chi connectivity index (χ2v) is 9.07. The van der Waals surface area contributed by atoms with Gasteiger partial charge in [0.2, 0.25) is 5.91 Å². The first-order chi connectivity index (χ1) is 14.0. The van der Waals surface area contributed by atoms with Crippen molar-refractivity contribution in [3.05, 3.63) is 68.0 Å². The number of amides is 1. The van der Waals surface area contributed by atoms with Gasteiger partial charge in [0.25, 0.3) is 0 Å². The molecule has 150 valence electrons. The van der Waals surface area contributed by atoms with E-state index in [1.165, 1.54) is 11.3 Å². The number of rotatable bonds is 4. The number of hydrogen-bond donors (Lipinski definition) is 1. The van der Waals surface area contributed by atoms with E-state index < -0.39 is 11.9 Å². The largest absolute Gasteiger partial charge is 0.465 e. The third-order valence-electron chi connectivity index (χ3n) is 5.43. The van der Waals surface area contributed by atoms with Crippen LogP contribution in [0.3, 0.4) is 0 Å². The molecule has 0 radical (unpaired) electrons. The normalized spacial score (nSPS) is 24.1. The average molecular weight is 474 g/mol. The van der Waals surface area contributed by atoms with Crippen molar-refractivity contribution in [3.8, 4) is 0 Å². The Morgan fingerprint density at radius 1 is 1.24 bits per heavy atom. The van der Waals surface area contributed by atoms with Crippen molar-refractivity contribution in [2.45, 2.75) is 31.6 Å². The Morgan fingerprint density at radius 2 is 2.07 bits per heavy atom. The average Bonchev–Trinajstić information content (AvgIpc) is 3.21. The molecule has 0 saturated heterocycles. The van der Waals surface area contributed by atoms with Crippen LogP contribution < -0.4 is 5.32 Å². The molecule has 0 unspecified atom stereocenters. The highest BCUT2D eigenvalue weighted by Gasteiger charge is 2.47. The number of carbonyl (C=O) groups excluding carboxylic acids is 3. The molecule has 7 heteroatoms. The zero-order valence-electron chi connectivity index (χ0n) is 15.8. The van der Waals surface area contributed by atoms with Gasteiger partial charge < -0.3 is 10.1 Å². The van der Waals surface area contributed by atoms with Crippen LogP contribution in [0.2, 0.25) is 0 Å². The number of Topliss-reactive ketones (excluding diaryl/α,β-unsaturated/α-hetero) is 1. The second-order valence-electron chi connectivity index (χ2n) is 7.17. The van der Waals surface area contributed by atoms with E-state index in [0.717, 1.165) is 14.9 Å². The van der Waals surface area contributed by atoms with Crippen molar-refractivity contribution in [2.75, 3.05) is 6.61 Å². The minimum Gasteiger partial charge on any atom is -0.465 e. The summed E-state index contributed by atoms with van der Waals surface area (Å²) in [6, 6.07) is 11.5. The van der Waals surface area contributed by atoms with Gasteiger partial charge in [-0.15, -0.1) is 11.3 Å². The SMILES string of the molecule is CCOC(=O)[C@H]1C(=O)C2=C(C[C@@H]1c1cccs1)NC(=O)C[C@H]2c1cccc(Br)c1. The van der Waals surface area contributed by atoms with E-state index in [2.05, 4.69) is 21.2 Å². The Morgan fingerprint density at radius 3 is 2.76 bits per heavy atom. The highest BCUT2D eigenvalue weighted by Crippen LogP contribution is 2.46. The molecule has 3 atom stereocenters. The van der Waals surface area contributed by atoms with Gasteiger partial charge in [0.05, 0.1) is 6.61 Å². The summed E-state index contributed by atoms with van der Waals surface area (Å²) in [5.41, 5.74) is 2.05. The number of thiophene rings is 1. The van der Waals surface area contributed by atoms with Gasteiger partial charge in [-0.25, -0.2) is 0 Å². The van der Waals surface area contributed by atoms with Crippen molar-refractivity contribution in [1.29, 1.82) is 0 Å². The minimum atomic E-state index is -0.892. The molecular weight excluding hydrogens is 454 g/mol. The van der Waals surface area contributed by atoms with Crippen LogP contribution in [0, 0.1) is 5.92 Å².